The fourth-order valence-electron chi connectivity index (χ4n) is 3.45. The molecular formula is C20H19ClN3OS3+. The summed E-state index contributed by atoms with van der Waals surface area (Å²) >= 11 is 11.1. The molecule has 3 heterocycles. The van der Waals surface area contributed by atoms with Gasteiger partial charge in [0.25, 0.3) is 10.6 Å². The van der Waals surface area contributed by atoms with E-state index in [1.807, 2.05) is 29.8 Å². The minimum atomic E-state index is 0.131. The van der Waals surface area contributed by atoms with Gasteiger partial charge in [-0.05, 0) is 38.0 Å². The fraction of sp³-hybridized carbons (Fsp3) is 0.300. The van der Waals surface area contributed by atoms with Crippen molar-refractivity contribution in [3.05, 3.63) is 59.4 Å². The third-order valence-corrected chi connectivity index (χ3v) is 8.59. The molecule has 0 atom stereocenters. The lowest BCUT2D eigenvalue weighted by atomic mass is 10.3. The van der Waals surface area contributed by atoms with Gasteiger partial charge in [-0.3, -0.25) is 9.36 Å². The zero-order chi connectivity index (χ0) is 19.4. The van der Waals surface area contributed by atoms with Crippen LogP contribution in [0.4, 0.5) is 5.69 Å². The van der Waals surface area contributed by atoms with Crippen molar-refractivity contribution in [2.75, 3.05) is 11.9 Å². The second kappa shape index (κ2) is 7.06. The van der Waals surface area contributed by atoms with E-state index in [-0.39, 0.29) is 5.56 Å². The predicted molar refractivity (Wildman–Crippen MR) is 119 cm³/mol. The summed E-state index contributed by atoms with van der Waals surface area (Å²) in [4.78, 5) is 16.6. The molecule has 1 aromatic carbocycles. The Labute approximate surface area is 180 Å². The largest absolute Gasteiger partial charge is 0.337 e. The molecule has 5 rings (SSSR count). The second-order valence-corrected chi connectivity index (χ2v) is 10.3. The third-order valence-electron chi connectivity index (χ3n) is 5.06. The Morgan fingerprint density at radius 1 is 1.36 bits per heavy atom. The van der Waals surface area contributed by atoms with E-state index >= 15 is 0 Å². The Morgan fingerprint density at radius 3 is 2.93 bits per heavy atom. The van der Waals surface area contributed by atoms with Crippen molar-refractivity contribution in [3.63, 3.8) is 0 Å². The summed E-state index contributed by atoms with van der Waals surface area (Å²) in [5.74, 6) is 0. The number of halogens is 1. The highest BCUT2D eigenvalue weighted by atomic mass is 35.5. The van der Waals surface area contributed by atoms with E-state index in [1.165, 1.54) is 5.01 Å². The molecule has 2 aromatic heterocycles. The highest BCUT2D eigenvalue weighted by molar-refractivity contribution is 8.08. The number of hydrogen-bond acceptors (Lipinski definition) is 5. The standard InChI is InChI=1S/C20H19ClN3OS3/c1-3-23-8-9-26-16(23)11-17-24(13-5-6-13)19(25)18(28-17)20-22(2)14-7-4-12(21)10-15(14)27-20/h4,7-11,13H,3,5-6H2,1-2H3/q+1/b20-18+. The zero-order valence-corrected chi connectivity index (χ0v) is 18.7. The van der Waals surface area contributed by atoms with Crippen LogP contribution >= 0.6 is 46.0 Å². The predicted octanol–water partition coefficient (Wildman–Crippen LogP) is 3.40. The van der Waals surface area contributed by atoms with Crippen molar-refractivity contribution in [3.8, 4) is 0 Å². The first-order valence-electron chi connectivity index (χ1n) is 9.22. The van der Waals surface area contributed by atoms with Crippen LogP contribution in [0.1, 0.15) is 30.8 Å². The topological polar surface area (TPSA) is 29.1 Å². The molecule has 8 heteroatoms. The minimum Gasteiger partial charge on any atom is -0.337 e. The second-order valence-electron chi connectivity index (χ2n) is 6.93. The molecule has 4 nitrogen and oxygen atoms in total. The molecule has 0 spiro atoms. The number of anilines is 1. The SMILES string of the molecule is CC[n+]1ccsc1/C=c1\s/c(=C2/Sc3cc(Cl)ccc3N2C)c(=O)n1C1CC1. The summed E-state index contributed by atoms with van der Waals surface area (Å²) in [5.41, 5.74) is 1.23. The van der Waals surface area contributed by atoms with Crippen molar-refractivity contribution in [1.82, 2.24) is 4.57 Å². The summed E-state index contributed by atoms with van der Waals surface area (Å²) in [5, 5.41) is 4.99. The Kier molecular flexibility index (Phi) is 4.66. The number of thioether (sulfide) groups is 1. The Morgan fingerprint density at radius 2 is 2.18 bits per heavy atom. The van der Waals surface area contributed by atoms with Crippen LogP contribution in [0.15, 0.2) is 39.5 Å². The quantitative estimate of drug-likeness (QED) is 0.575. The van der Waals surface area contributed by atoms with Gasteiger partial charge in [-0.2, -0.15) is 4.57 Å². The number of hydrogen-bond donors (Lipinski definition) is 0. The van der Waals surface area contributed by atoms with E-state index in [4.69, 9.17) is 11.6 Å². The molecule has 1 saturated carbocycles. The summed E-state index contributed by atoms with van der Waals surface area (Å²) in [7, 11) is 2.02. The van der Waals surface area contributed by atoms with Crippen LogP contribution in [-0.2, 0) is 6.54 Å². The van der Waals surface area contributed by atoms with E-state index < -0.39 is 0 Å². The van der Waals surface area contributed by atoms with Crippen molar-refractivity contribution in [2.24, 2.45) is 0 Å². The molecule has 0 radical (unpaired) electrons. The Hall–Kier alpha value is -1.54. The van der Waals surface area contributed by atoms with Crippen LogP contribution < -0.4 is 24.2 Å². The molecule has 144 valence electrons. The van der Waals surface area contributed by atoms with E-state index in [1.54, 1.807) is 34.4 Å². The summed E-state index contributed by atoms with van der Waals surface area (Å²) in [6, 6.07) is 6.23. The van der Waals surface area contributed by atoms with Crippen LogP contribution in [0.3, 0.4) is 0 Å². The van der Waals surface area contributed by atoms with Gasteiger partial charge in [-0.25, -0.2) is 0 Å². The maximum Gasteiger partial charge on any atom is 0.272 e. The maximum absolute atomic E-state index is 13.4. The molecule has 1 aliphatic heterocycles. The van der Waals surface area contributed by atoms with Gasteiger partial charge in [0.15, 0.2) is 6.20 Å². The van der Waals surface area contributed by atoms with Gasteiger partial charge in [0.1, 0.15) is 20.8 Å². The lowest BCUT2D eigenvalue weighted by molar-refractivity contribution is -0.690. The molecule has 0 saturated heterocycles. The number of benzene rings is 1. The molecule has 0 N–H and O–H groups in total. The smallest absolute Gasteiger partial charge is 0.272 e. The normalized spacial score (nSPS) is 18.8. The Bertz CT molecular complexity index is 1250. The van der Waals surface area contributed by atoms with Crippen LogP contribution in [0.25, 0.3) is 11.1 Å². The molecule has 1 fully saturated rings. The molecule has 3 aromatic rings. The first-order valence-corrected chi connectivity index (χ1v) is 12.1. The van der Waals surface area contributed by atoms with Crippen molar-refractivity contribution >= 4 is 62.8 Å². The maximum atomic E-state index is 13.4. The number of rotatable bonds is 3. The van der Waals surface area contributed by atoms with Gasteiger partial charge in [0.2, 0.25) is 0 Å². The van der Waals surface area contributed by atoms with Gasteiger partial charge in [-0.15, -0.1) is 11.3 Å². The minimum absolute atomic E-state index is 0.131. The van der Waals surface area contributed by atoms with Gasteiger partial charge < -0.3 is 4.90 Å². The molecule has 0 amide bonds. The molecule has 0 unspecified atom stereocenters. The first-order chi connectivity index (χ1) is 13.6. The van der Waals surface area contributed by atoms with Crippen LogP contribution in [0.5, 0.6) is 0 Å². The van der Waals surface area contributed by atoms with E-state index in [0.29, 0.717) is 6.04 Å². The van der Waals surface area contributed by atoms with E-state index in [9.17, 15) is 4.79 Å². The van der Waals surface area contributed by atoms with Crippen molar-refractivity contribution in [1.29, 1.82) is 0 Å². The average molecular weight is 449 g/mol. The number of thiazole rings is 2. The number of aromatic nitrogens is 2. The lowest BCUT2D eigenvalue weighted by Gasteiger charge is -2.12. The third kappa shape index (κ3) is 3.05. The van der Waals surface area contributed by atoms with E-state index in [2.05, 4.69) is 34.0 Å². The van der Waals surface area contributed by atoms with Crippen molar-refractivity contribution in [2.45, 2.75) is 37.2 Å². The Balaban J connectivity index is 1.73. The average Bonchev–Trinajstić information content (AvgIpc) is 3.20. The van der Waals surface area contributed by atoms with Gasteiger partial charge >= 0.3 is 0 Å². The highest BCUT2D eigenvalue weighted by Gasteiger charge is 2.30. The molecule has 1 aliphatic carbocycles. The van der Waals surface area contributed by atoms with Gasteiger partial charge in [-0.1, -0.05) is 34.7 Å². The zero-order valence-electron chi connectivity index (χ0n) is 15.5. The van der Waals surface area contributed by atoms with Crippen LogP contribution in [0, 0.1) is 0 Å². The number of fused-ring (bicyclic) bond motifs is 1. The monoisotopic (exact) mass is 448 g/mol. The van der Waals surface area contributed by atoms with Crippen LogP contribution in [0.2, 0.25) is 5.02 Å². The number of aryl methyl sites for hydroxylation is 1. The summed E-state index contributed by atoms with van der Waals surface area (Å²) < 4.78 is 6.09. The van der Waals surface area contributed by atoms with E-state index in [0.717, 1.165) is 49.2 Å². The molecule has 28 heavy (non-hydrogen) atoms. The molecule has 0 bridgehead atoms. The van der Waals surface area contributed by atoms with Crippen molar-refractivity contribution < 1.29 is 4.57 Å². The molecule has 2 aliphatic rings. The van der Waals surface area contributed by atoms with Crippen LogP contribution in [-0.4, -0.2) is 11.6 Å². The molecular weight excluding hydrogens is 430 g/mol. The first kappa shape index (κ1) is 18.5. The lowest BCUT2D eigenvalue weighted by Crippen LogP contribution is -2.35. The van der Waals surface area contributed by atoms with Gasteiger partial charge in [0.05, 0.1) is 17.1 Å². The number of nitrogens with zero attached hydrogens (tertiary/aromatic N) is 3. The summed E-state index contributed by atoms with van der Waals surface area (Å²) in [6.45, 7) is 3.06. The summed E-state index contributed by atoms with van der Waals surface area (Å²) in [6.07, 6.45) is 6.44. The highest BCUT2D eigenvalue weighted by Crippen LogP contribution is 2.46. The fourth-order valence-corrected chi connectivity index (χ4v) is 7.10. The van der Waals surface area contributed by atoms with Gasteiger partial charge in [0, 0.05) is 23.0 Å².